The molecule has 0 bridgehead atoms. The van der Waals surface area contributed by atoms with Gasteiger partial charge in [-0.25, -0.2) is 14.6 Å². The lowest BCUT2D eigenvalue weighted by molar-refractivity contribution is -0.200. The van der Waals surface area contributed by atoms with Gasteiger partial charge in [-0.05, 0) is 49.8 Å². The van der Waals surface area contributed by atoms with Crippen LogP contribution in [0.4, 0.5) is 5.82 Å². The van der Waals surface area contributed by atoms with E-state index in [1.807, 2.05) is 0 Å². The third-order valence-electron chi connectivity index (χ3n) is 7.80. The molecule has 3 heterocycles. The molecule has 260 valence electrons. The summed E-state index contributed by atoms with van der Waals surface area (Å²) in [4.78, 5) is 65.3. The minimum absolute atomic E-state index is 0.0114. The van der Waals surface area contributed by atoms with Crippen molar-refractivity contribution < 1.29 is 47.6 Å². The van der Waals surface area contributed by atoms with Crippen molar-refractivity contribution >= 4 is 52.5 Å². The Labute approximate surface area is 286 Å². The Morgan fingerprint density at radius 2 is 1.73 bits per heavy atom. The van der Waals surface area contributed by atoms with Crippen LogP contribution in [-0.4, -0.2) is 86.6 Å². The summed E-state index contributed by atoms with van der Waals surface area (Å²) in [5, 5.41) is -0.192. The van der Waals surface area contributed by atoms with E-state index in [4.69, 9.17) is 45.8 Å². The van der Waals surface area contributed by atoms with E-state index in [-0.39, 0.29) is 47.8 Å². The molecule has 49 heavy (non-hydrogen) atoms. The molecular weight excluding hydrogens is 662 g/mol. The standard InChI is InChI=1S/C33H36ClN5O10/c1-5-44-29(42)33(30(43)45-6-2,16-22-10-8-7-9-11-22)46-17-23-32(49-20(4)41,15-14-21-12-13-21)25(47-19(3)40)28(48-23)39-18-36-24-26(35)37-31(34)38-27(24)39/h7-11,18,21,23,25,28H,5-6,12-13,16-17H2,1-4H3,(H2,35,37,38)/t23-,25+,28?,32-/m1/s1. The fourth-order valence-electron chi connectivity index (χ4n) is 5.51. The molecule has 2 aromatic heterocycles. The minimum Gasteiger partial charge on any atom is -0.463 e. The molecule has 1 aromatic carbocycles. The summed E-state index contributed by atoms with van der Waals surface area (Å²) in [5.41, 5.74) is 2.54. The van der Waals surface area contributed by atoms with Crippen LogP contribution in [0.25, 0.3) is 11.2 Å². The van der Waals surface area contributed by atoms with Crippen LogP contribution in [0, 0.1) is 17.8 Å². The number of carbonyl (C=O) groups excluding carboxylic acids is 4. The quantitative estimate of drug-likeness (QED) is 0.0954. The Morgan fingerprint density at radius 1 is 1.06 bits per heavy atom. The lowest BCUT2D eigenvalue weighted by Gasteiger charge is -2.35. The number of hydrogen-bond acceptors (Lipinski definition) is 14. The maximum absolute atomic E-state index is 13.7. The minimum atomic E-state index is -2.32. The lowest BCUT2D eigenvalue weighted by Crippen LogP contribution is -2.57. The van der Waals surface area contributed by atoms with Gasteiger partial charge >= 0.3 is 23.9 Å². The smallest absolute Gasteiger partial charge is 0.350 e. The highest BCUT2D eigenvalue weighted by atomic mass is 35.5. The van der Waals surface area contributed by atoms with Crippen LogP contribution in [0.3, 0.4) is 0 Å². The van der Waals surface area contributed by atoms with Crippen LogP contribution in [0.5, 0.6) is 0 Å². The van der Waals surface area contributed by atoms with Crippen LogP contribution < -0.4 is 5.73 Å². The average molecular weight is 698 g/mol. The number of halogens is 1. The number of benzene rings is 1. The molecule has 1 saturated heterocycles. The number of ether oxygens (including phenoxy) is 6. The first kappa shape index (κ1) is 35.5. The van der Waals surface area contributed by atoms with Crippen molar-refractivity contribution in [1.82, 2.24) is 19.5 Å². The van der Waals surface area contributed by atoms with Crippen molar-refractivity contribution in [3.8, 4) is 11.8 Å². The zero-order valence-corrected chi connectivity index (χ0v) is 28.1. The first-order chi connectivity index (χ1) is 23.4. The molecular formula is C33H36ClN5O10. The van der Waals surface area contributed by atoms with Crippen LogP contribution in [0.2, 0.25) is 5.28 Å². The second-order valence-corrected chi connectivity index (χ2v) is 11.8. The number of nitrogen functional groups attached to an aromatic ring is 1. The number of carbonyl (C=O) groups is 4. The number of fused-ring (bicyclic) bond motifs is 1. The molecule has 16 heteroatoms. The molecule has 0 amide bonds. The summed E-state index contributed by atoms with van der Waals surface area (Å²) in [6.07, 6.45) is -1.49. The summed E-state index contributed by atoms with van der Waals surface area (Å²) >= 11 is 6.13. The Balaban J connectivity index is 1.66. The number of anilines is 1. The van der Waals surface area contributed by atoms with Crippen LogP contribution in [0.15, 0.2) is 36.7 Å². The number of nitrogens with two attached hydrogens (primary N) is 1. The van der Waals surface area contributed by atoms with Crippen LogP contribution in [0.1, 0.15) is 52.3 Å². The van der Waals surface area contributed by atoms with E-state index in [0.29, 0.717) is 5.56 Å². The Hall–Kier alpha value is -4.78. The topological polar surface area (TPSA) is 193 Å². The molecule has 1 aliphatic carbocycles. The number of imidazole rings is 1. The Bertz CT molecular complexity index is 1770. The fourth-order valence-corrected chi connectivity index (χ4v) is 5.68. The number of nitrogens with zero attached hydrogens (tertiary/aromatic N) is 4. The van der Waals surface area contributed by atoms with Gasteiger partial charge in [0.15, 0.2) is 17.7 Å². The van der Waals surface area contributed by atoms with Gasteiger partial charge in [0.2, 0.25) is 17.0 Å². The summed E-state index contributed by atoms with van der Waals surface area (Å²) < 4.78 is 36.6. The lowest BCUT2D eigenvalue weighted by atomic mass is 9.90. The third-order valence-corrected chi connectivity index (χ3v) is 7.97. The van der Waals surface area contributed by atoms with E-state index in [0.717, 1.165) is 19.8 Å². The van der Waals surface area contributed by atoms with Gasteiger partial charge in [0.25, 0.3) is 5.60 Å². The largest absolute Gasteiger partial charge is 0.463 e. The van der Waals surface area contributed by atoms with E-state index in [1.54, 1.807) is 44.2 Å². The van der Waals surface area contributed by atoms with E-state index in [2.05, 4.69) is 26.8 Å². The molecule has 0 spiro atoms. The summed E-state index contributed by atoms with van der Waals surface area (Å²) in [7, 11) is 0. The monoisotopic (exact) mass is 697 g/mol. The number of rotatable bonds is 12. The summed E-state index contributed by atoms with van der Waals surface area (Å²) in [5.74, 6) is 2.54. The molecule has 0 radical (unpaired) electrons. The molecule has 4 atom stereocenters. The molecule has 2 aliphatic rings. The molecule has 5 rings (SSSR count). The molecule has 2 N–H and O–H groups in total. The summed E-state index contributed by atoms with van der Waals surface area (Å²) in [6, 6.07) is 8.68. The van der Waals surface area contributed by atoms with Crippen molar-refractivity contribution in [1.29, 1.82) is 0 Å². The van der Waals surface area contributed by atoms with Gasteiger partial charge in [-0.3, -0.25) is 14.2 Å². The maximum atomic E-state index is 13.7. The van der Waals surface area contributed by atoms with Crippen molar-refractivity contribution in [3.05, 3.63) is 47.5 Å². The van der Waals surface area contributed by atoms with Crippen molar-refractivity contribution in [2.75, 3.05) is 25.6 Å². The zero-order chi connectivity index (χ0) is 35.3. The SMILES string of the molecule is CCOC(=O)C(Cc1ccccc1)(OC[C@H]1OC(n2cnc3c(N)nc(Cl)nc32)[C@H](OC(C)=O)[C@]1(C#CC1CC1)OC(C)=O)C(=O)OCC. The number of esters is 4. The van der Waals surface area contributed by atoms with E-state index < -0.39 is 60.1 Å². The van der Waals surface area contributed by atoms with Gasteiger partial charge in [0, 0.05) is 26.2 Å². The Kier molecular flexibility index (Phi) is 10.7. The van der Waals surface area contributed by atoms with Crippen molar-refractivity contribution in [2.45, 2.75) is 76.6 Å². The van der Waals surface area contributed by atoms with Crippen molar-refractivity contribution in [3.63, 3.8) is 0 Å². The second-order valence-electron chi connectivity index (χ2n) is 11.4. The molecule has 2 fully saturated rings. The maximum Gasteiger partial charge on any atom is 0.350 e. The van der Waals surface area contributed by atoms with E-state index in [1.165, 1.54) is 17.8 Å². The van der Waals surface area contributed by atoms with Crippen molar-refractivity contribution in [2.24, 2.45) is 5.92 Å². The summed E-state index contributed by atoms with van der Waals surface area (Å²) in [6.45, 7) is 4.76. The van der Waals surface area contributed by atoms with Gasteiger partial charge in [-0.1, -0.05) is 36.3 Å². The highest BCUT2D eigenvalue weighted by molar-refractivity contribution is 6.28. The highest BCUT2D eigenvalue weighted by Gasteiger charge is 2.63. The Morgan fingerprint density at radius 3 is 2.33 bits per heavy atom. The molecule has 1 saturated carbocycles. The normalized spacial score (nSPS) is 21.8. The van der Waals surface area contributed by atoms with Gasteiger partial charge in [0.05, 0.1) is 26.1 Å². The highest BCUT2D eigenvalue weighted by Crippen LogP contribution is 2.44. The number of aromatic nitrogens is 4. The van der Waals surface area contributed by atoms with Gasteiger partial charge < -0.3 is 34.2 Å². The molecule has 15 nitrogen and oxygen atoms in total. The fraction of sp³-hybridized carbons (Fsp3) is 0.485. The first-order valence-corrected chi connectivity index (χ1v) is 16.0. The predicted molar refractivity (Wildman–Crippen MR) is 171 cm³/mol. The average Bonchev–Trinajstić information content (AvgIpc) is 3.72. The first-order valence-electron chi connectivity index (χ1n) is 15.7. The van der Waals surface area contributed by atoms with E-state index in [9.17, 15) is 19.2 Å². The number of hydrogen-bond donors (Lipinski definition) is 1. The molecule has 1 aliphatic heterocycles. The van der Waals surface area contributed by atoms with Gasteiger partial charge in [-0.15, -0.1) is 0 Å². The second kappa shape index (κ2) is 14.8. The van der Waals surface area contributed by atoms with Gasteiger partial charge in [-0.2, -0.15) is 9.97 Å². The van der Waals surface area contributed by atoms with Gasteiger partial charge in [0.1, 0.15) is 11.6 Å². The predicted octanol–water partition coefficient (Wildman–Crippen LogP) is 2.73. The molecule has 1 unspecified atom stereocenters. The molecule has 3 aromatic rings. The van der Waals surface area contributed by atoms with E-state index >= 15 is 0 Å². The zero-order valence-electron chi connectivity index (χ0n) is 27.3. The third kappa shape index (κ3) is 7.46. The van der Waals surface area contributed by atoms with Crippen LogP contribution >= 0.6 is 11.6 Å². The van der Waals surface area contributed by atoms with Crippen LogP contribution in [-0.2, 0) is 54.0 Å².